The summed E-state index contributed by atoms with van der Waals surface area (Å²) in [6.45, 7) is 6.32. The van der Waals surface area contributed by atoms with Crippen molar-refractivity contribution >= 4 is 0 Å². The molecular formula is C30H49FN2. The van der Waals surface area contributed by atoms with Crippen molar-refractivity contribution in [1.82, 2.24) is 11.5 Å². The Morgan fingerprint density at radius 2 is 1.94 bits per heavy atom. The second-order valence-electron chi connectivity index (χ2n) is 10.5. The zero-order valence-electron chi connectivity index (χ0n) is 21.4. The molecule has 2 nitrogen and oxygen atoms in total. The van der Waals surface area contributed by atoms with Gasteiger partial charge in [0.25, 0.3) is 0 Å². The van der Waals surface area contributed by atoms with Crippen molar-refractivity contribution in [3.05, 3.63) is 59.6 Å². The highest BCUT2D eigenvalue weighted by molar-refractivity contribution is 5.35. The lowest BCUT2D eigenvalue weighted by molar-refractivity contribution is 0.455. The number of halogens is 1. The van der Waals surface area contributed by atoms with Gasteiger partial charge >= 0.3 is 0 Å². The van der Waals surface area contributed by atoms with Gasteiger partial charge in [-0.25, -0.2) is 4.39 Å². The van der Waals surface area contributed by atoms with Crippen LogP contribution in [0.4, 0.5) is 4.39 Å². The quantitative estimate of drug-likeness (QED) is 0.204. The molecule has 1 atom stereocenters. The zero-order valence-corrected chi connectivity index (χ0v) is 21.4. The number of benzene rings is 1. The van der Waals surface area contributed by atoms with Crippen molar-refractivity contribution in [3.63, 3.8) is 0 Å². The van der Waals surface area contributed by atoms with E-state index in [1.807, 2.05) is 7.05 Å². The molecule has 0 aliphatic heterocycles. The molecule has 3 heteroatoms. The van der Waals surface area contributed by atoms with Gasteiger partial charge in [-0.2, -0.15) is 0 Å². The van der Waals surface area contributed by atoms with Crippen LogP contribution >= 0.6 is 0 Å². The summed E-state index contributed by atoms with van der Waals surface area (Å²) < 4.78 is 14.5. The molecule has 1 aromatic rings. The summed E-state index contributed by atoms with van der Waals surface area (Å²) in [7, 11) is 1.99. The van der Waals surface area contributed by atoms with E-state index in [1.165, 1.54) is 94.7 Å². The minimum Gasteiger partial charge on any atom is -0.392 e. The fourth-order valence-electron chi connectivity index (χ4n) is 5.78. The highest BCUT2D eigenvalue weighted by Crippen LogP contribution is 2.52. The van der Waals surface area contributed by atoms with Crippen molar-refractivity contribution < 1.29 is 4.39 Å². The maximum absolute atomic E-state index is 14.5. The molecule has 0 radical (unpaired) electrons. The van der Waals surface area contributed by atoms with E-state index in [0.29, 0.717) is 11.3 Å². The molecule has 4 N–H and O–H groups in total. The van der Waals surface area contributed by atoms with Crippen LogP contribution in [-0.2, 0) is 11.8 Å². The third kappa shape index (κ3) is 8.28. The average Bonchev–Trinajstić information content (AvgIpc) is 3.41. The predicted octanol–water partition coefficient (Wildman–Crippen LogP) is 8.80. The number of aryl methyl sites for hydroxylation is 1. The number of nitrogens with one attached hydrogen (secondary N) is 1. The molecule has 0 spiro atoms. The van der Waals surface area contributed by atoms with Crippen LogP contribution in [0.3, 0.4) is 0 Å². The van der Waals surface area contributed by atoms with Gasteiger partial charge < -0.3 is 11.5 Å². The van der Waals surface area contributed by atoms with E-state index in [-0.39, 0.29) is 12.0 Å². The number of rotatable bonds is 15. The lowest BCUT2D eigenvalue weighted by Crippen LogP contribution is -2.15. The monoisotopic (exact) mass is 456 g/mol. The molecule has 0 bridgehead atoms. The van der Waals surface area contributed by atoms with Crippen molar-refractivity contribution in [2.75, 3.05) is 7.05 Å². The normalized spacial score (nSPS) is 18.3. The third-order valence-corrected chi connectivity index (χ3v) is 8.25. The Morgan fingerprint density at radius 3 is 2.61 bits per heavy atom. The fourth-order valence-corrected chi connectivity index (χ4v) is 5.78. The van der Waals surface area contributed by atoms with E-state index in [0.717, 1.165) is 24.3 Å². The van der Waals surface area contributed by atoms with E-state index in [1.54, 1.807) is 6.07 Å². The average molecular weight is 457 g/mol. The van der Waals surface area contributed by atoms with E-state index < -0.39 is 0 Å². The van der Waals surface area contributed by atoms with Crippen molar-refractivity contribution in [2.24, 2.45) is 11.8 Å². The highest BCUT2D eigenvalue weighted by Gasteiger charge is 2.43. The molecule has 0 saturated heterocycles. The van der Waals surface area contributed by atoms with Crippen LogP contribution in [0.2, 0.25) is 0 Å². The second kappa shape index (κ2) is 13.9. The molecule has 1 aromatic carbocycles. The van der Waals surface area contributed by atoms with Crippen LogP contribution < -0.4 is 11.5 Å². The molecule has 3 rings (SSSR count). The summed E-state index contributed by atoms with van der Waals surface area (Å²) in [6, 6.07) is 6.05. The van der Waals surface area contributed by atoms with E-state index in [2.05, 4.69) is 43.1 Å². The van der Waals surface area contributed by atoms with Gasteiger partial charge in [0.2, 0.25) is 0 Å². The predicted molar refractivity (Wildman–Crippen MR) is 141 cm³/mol. The third-order valence-electron chi connectivity index (χ3n) is 8.25. The molecule has 186 valence electrons. The minimum atomic E-state index is 0. The molecule has 0 heterocycles. The van der Waals surface area contributed by atoms with Gasteiger partial charge in [0.15, 0.2) is 0 Å². The number of hydrogen-bond acceptors (Lipinski definition) is 2. The molecular weight excluding hydrogens is 407 g/mol. The lowest BCUT2D eigenvalue weighted by Gasteiger charge is -2.20. The van der Waals surface area contributed by atoms with Crippen LogP contribution in [0.15, 0.2) is 42.6 Å². The van der Waals surface area contributed by atoms with Gasteiger partial charge in [-0.1, -0.05) is 75.8 Å². The first-order valence-corrected chi connectivity index (χ1v) is 13.3. The fraction of sp³-hybridized carbons (Fsp3) is 0.667. The van der Waals surface area contributed by atoms with E-state index in [9.17, 15) is 4.39 Å². The maximum Gasteiger partial charge on any atom is 0.126 e. The van der Waals surface area contributed by atoms with Crippen LogP contribution in [0.25, 0.3) is 0 Å². The van der Waals surface area contributed by atoms with Gasteiger partial charge in [0.1, 0.15) is 5.82 Å². The molecule has 1 unspecified atom stereocenters. The summed E-state index contributed by atoms with van der Waals surface area (Å²) in [6.07, 6.45) is 23.1. The first kappa shape index (κ1) is 27.6. The number of hydrogen-bond donors (Lipinski definition) is 2. The molecule has 2 aliphatic carbocycles. The Bertz CT molecular complexity index is 744. The summed E-state index contributed by atoms with van der Waals surface area (Å²) in [4.78, 5) is 0. The van der Waals surface area contributed by atoms with Crippen molar-refractivity contribution in [3.8, 4) is 0 Å². The Morgan fingerprint density at radius 1 is 1.18 bits per heavy atom. The zero-order chi connectivity index (χ0) is 22.8. The van der Waals surface area contributed by atoms with Crippen molar-refractivity contribution in [2.45, 2.75) is 109 Å². The summed E-state index contributed by atoms with van der Waals surface area (Å²) in [5.41, 5.74) is 3.91. The molecule has 2 fully saturated rings. The first-order valence-electron chi connectivity index (χ1n) is 13.3. The number of unbranched alkanes of at least 4 members (excludes halogenated alkanes) is 2. The van der Waals surface area contributed by atoms with Gasteiger partial charge in [-0.3, -0.25) is 0 Å². The molecule has 2 aliphatic rings. The van der Waals surface area contributed by atoms with Gasteiger partial charge in [-0.05, 0) is 92.7 Å². The topological polar surface area (TPSA) is 47.0 Å². The highest BCUT2D eigenvalue weighted by atomic mass is 19.1. The van der Waals surface area contributed by atoms with E-state index in [4.69, 9.17) is 0 Å². The van der Waals surface area contributed by atoms with Crippen LogP contribution in [0.5, 0.6) is 0 Å². The Kier molecular flexibility index (Phi) is 11.7. The minimum absolute atomic E-state index is 0. The first-order chi connectivity index (χ1) is 15.6. The second-order valence-corrected chi connectivity index (χ2v) is 10.5. The molecule has 2 saturated carbocycles. The Balaban J connectivity index is 0.00000385. The SMILES string of the molecule is C=C(NC)C(CC/C=C/C)CCCCCC1(c2ccc(F)c(CCC3CCCC3)c2)CC1.N. The summed E-state index contributed by atoms with van der Waals surface area (Å²) >= 11 is 0. The lowest BCUT2D eigenvalue weighted by atomic mass is 9.87. The maximum atomic E-state index is 14.5. The van der Waals surface area contributed by atoms with Gasteiger partial charge in [0, 0.05) is 12.7 Å². The van der Waals surface area contributed by atoms with Crippen LogP contribution in [0, 0.1) is 17.7 Å². The summed E-state index contributed by atoms with van der Waals surface area (Å²) in [5, 5.41) is 3.28. The largest absolute Gasteiger partial charge is 0.392 e. The van der Waals surface area contributed by atoms with Gasteiger partial charge in [0.05, 0.1) is 0 Å². The Labute approximate surface area is 203 Å². The van der Waals surface area contributed by atoms with E-state index >= 15 is 0 Å². The Hall–Kier alpha value is -1.61. The van der Waals surface area contributed by atoms with Gasteiger partial charge in [-0.15, -0.1) is 0 Å². The van der Waals surface area contributed by atoms with Crippen LogP contribution in [-0.4, -0.2) is 7.05 Å². The summed E-state index contributed by atoms with van der Waals surface area (Å²) in [5.74, 6) is 1.41. The molecule has 0 amide bonds. The van der Waals surface area contributed by atoms with Crippen molar-refractivity contribution in [1.29, 1.82) is 0 Å². The standard InChI is InChI=1S/C30H46FN.H3N/c1-4-5-7-14-26(24(2)32-3)15-8-6-11-20-30(21-22-30)28-18-19-29(31)27(23-28)17-16-25-12-9-10-13-25;/h4-5,18-19,23,25-26,32H,2,6-17,20-22H2,1,3H3;1H3/b5-4+;. The number of allylic oxidation sites excluding steroid dienone is 3. The smallest absolute Gasteiger partial charge is 0.126 e. The molecule has 0 aromatic heterocycles. The molecule has 33 heavy (non-hydrogen) atoms. The van der Waals surface area contributed by atoms with Crippen LogP contribution in [0.1, 0.15) is 108 Å².